The van der Waals surface area contributed by atoms with Crippen molar-refractivity contribution in [3.8, 4) is 0 Å². The fourth-order valence-corrected chi connectivity index (χ4v) is 5.05. The van der Waals surface area contributed by atoms with Crippen molar-refractivity contribution in [2.75, 3.05) is 5.75 Å². The molecule has 1 N–H and O–H groups in total. The van der Waals surface area contributed by atoms with Crippen LogP contribution in [0, 0.1) is 5.41 Å². The lowest BCUT2D eigenvalue weighted by Gasteiger charge is -2.38. The lowest BCUT2D eigenvalue weighted by Crippen LogP contribution is -2.25. The standard InChI is InChI=1S/C21H42O3S/c1-2-3-4-5-6-7-8-9-10-12-16-21(17-13-11-14-18-21)19-15-20-25(22,23)24/h2-20H2,1H3,(H,22,23,24). The Morgan fingerprint density at radius 3 is 1.72 bits per heavy atom. The van der Waals surface area contributed by atoms with Gasteiger partial charge < -0.3 is 0 Å². The highest BCUT2D eigenvalue weighted by atomic mass is 32.2. The van der Waals surface area contributed by atoms with E-state index in [4.69, 9.17) is 4.55 Å². The first-order valence-corrected chi connectivity index (χ1v) is 12.5. The van der Waals surface area contributed by atoms with E-state index in [-0.39, 0.29) is 5.75 Å². The highest BCUT2D eigenvalue weighted by Gasteiger charge is 2.31. The molecule has 1 rings (SSSR count). The van der Waals surface area contributed by atoms with Crippen molar-refractivity contribution < 1.29 is 13.0 Å². The fraction of sp³-hybridized carbons (Fsp3) is 1.00. The van der Waals surface area contributed by atoms with Crippen molar-refractivity contribution in [3.05, 3.63) is 0 Å². The number of rotatable bonds is 15. The van der Waals surface area contributed by atoms with E-state index in [1.165, 1.54) is 103 Å². The second-order valence-corrected chi connectivity index (χ2v) is 9.95. The molecule has 0 spiro atoms. The van der Waals surface area contributed by atoms with Crippen LogP contribution in [0.2, 0.25) is 0 Å². The van der Waals surface area contributed by atoms with Crippen molar-refractivity contribution in [1.29, 1.82) is 0 Å². The van der Waals surface area contributed by atoms with Crippen LogP contribution >= 0.6 is 0 Å². The smallest absolute Gasteiger partial charge is 0.264 e. The molecule has 150 valence electrons. The zero-order chi connectivity index (χ0) is 18.4. The van der Waals surface area contributed by atoms with E-state index in [1.807, 2.05) is 0 Å². The molecule has 0 aliphatic heterocycles. The highest BCUT2D eigenvalue weighted by Crippen LogP contribution is 2.44. The molecule has 0 bridgehead atoms. The third-order valence-corrected chi connectivity index (χ3v) is 6.89. The van der Waals surface area contributed by atoms with Crippen LogP contribution in [0.15, 0.2) is 0 Å². The summed E-state index contributed by atoms with van der Waals surface area (Å²) in [7, 11) is -3.80. The normalized spacial score (nSPS) is 17.7. The Morgan fingerprint density at radius 1 is 0.720 bits per heavy atom. The molecule has 0 atom stereocenters. The van der Waals surface area contributed by atoms with Gasteiger partial charge >= 0.3 is 0 Å². The van der Waals surface area contributed by atoms with Gasteiger partial charge in [-0.2, -0.15) is 8.42 Å². The molecule has 0 aromatic rings. The van der Waals surface area contributed by atoms with E-state index in [1.54, 1.807) is 0 Å². The van der Waals surface area contributed by atoms with Crippen molar-refractivity contribution in [2.45, 2.75) is 122 Å². The van der Waals surface area contributed by atoms with E-state index in [2.05, 4.69) is 6.92 Å². The Hall–Kier alpha value is -0.0900. The van der Waals surface area contributed by atoms with Crippen LogP contribution in [-0.2, 0) is 10.1 Å². The van der Waals surface area contributed by atoms with Gasteiger partial charge in [0.05, 0.1) is 5.75 Å². The van der Waals surface area contributed by atoms with Gasteiger partial charge in [-0.05, 0) is 37.5 Å². The predicted molar refractivity (Wildman–Crippen MR) is 108 cm³/mol. The van der Waals surface area contributed by atoms with Crippen molar-refractivity contribution in [2.24, 2.45) is 5.41 Å². The molecule has 0 amide bonds. The molecule has 0 saturated heterocycles. The largest absolute Gasteiger partial charge is 0.286 e. The average molecular weight is 375 g/mol. The second-order valence-electron chi connectivity index (χ2n) is 8.38. The molecule has 0 radical (unpaired) electrons. The summed E-state index contributed by atoms with van der Waals surface area (Å²) in [6.45, 7) is 2.27. The van der Waals surface area contributed by atoms with Gasteiger partial charge in [0.25, 0.3) is 10.1 Å². The maximum absolute atomic E-state index is 11.0. The molecule has 3 nitrogen and oxygen atoms in total. The van der Waals surface area contributed by atoms with Gasteiger partial charge in [0.1, 0.15) is 0 Å². The average Bonchev–Trinajstić information content (AvgIpc) is 2.56. The van der Waals surface area contributed by atoms with Crippen LogP contribution in [0.1, 0.15) is 122 Å². The lowest BCUT2D eigenvalue weighted by atomic mass is 9.68. The van der Waals surface area contributed by atoms with Crippen LogP contribution in [0.5, 0.6) is 0 Å². The van der Waals surface area contributed by atoms with Crippen molar-refractivity contribution in [3.63, 3.8) is 0 Å². The summed E-state index contributed by atoms with van der Waals surface area (Å²) in [6.07, 6.45) is 23.0. The molecule has 0 aromatic carbocycles. The van der Waals surface area contributed by atoms with Gasteiger partial charge in [0.2, 0.25) is 0 Å². The number of unbranched alkanes of at least 4 members (excludes halogenated alkanes) is 9. The first-order valence-electron chi connectivity index (χ1n) is 10.9. The van der Waals surface area contributed by atoms with Crippen LogP contribution in [0.4, 0.5) is 0 Å². The van der Waals surface area contributed by atoms with Gasteiger partial charge in [-0.15, -0.1) is 0 Å². The summed E-state index contributed by atoms with van der Waals surface area (Å²) in [5, 5.41) is 0. The molecular formula is C21H42O3S. The Bertz CT molecular complexity index is 411. The zero-order valence-electron chi connectivity index (χ0n) is 16.6. The quantitative estimate of drug-likeness (QED) is 0.250. The first kappa shape index (κ1) is 23.0. The van der Waals surface area contributed by atoms with E-state index in [9.17, 15) is 8.42 Å². The predicted octanol–water partition coefficient (Wildman–Crippen LogP) is 6.92. The van der Waals surface area contributed by atoms with E-state index >= 15 is 0 Å². The van der Waals surface area contributed by atoms with Crippen molar-refractivity contribution in [1.82, 2.24) is 0 Å². The minimum Gasteiger partial charge on any atom is -0.286 e. The number of hydrogen-bond acceptors (Lipinski definition) is 2. The summed E-state index contributed by atoms with van der Waals surface area (Å²) >= 11 is 0. The Balaban J connectivity index is 2.14. The molecular weight excluding hydrogens is 332 g/mol. The summed E-state index contributed by atoms with van der Waals surface area (Å²) in [5.41, 5.74) is 0.364. The fourth-order valence-electron chi connectivity index (χ4n) is 4.54. The van der Waals surface area contributed by atoms with Gasteiger partial charge in [-0.1, -0.05) is 90.4 Å². The summed E-state index contributed by atoms with van der Waals surface area (Å²) in [4.78, 5) is 0. The summed E-state index contributed by atoms with van der Waals surface area (Å²) in [5.74, 6) is -0.0627. The van der Waals surface area contributed by atoms with Crippen LogP contribution in [0.25, 0.3) is 0 Å². The van der Waals surface area contributed by atoms with Gasteiger partial charge in [0.15, 0.2) is 0 Å². The minimum atomic E-state index is -3.80. The molecule has 25 heavy (non-hydrogen) atoms. The molecule has 0 aromatic heterocycles. The summed E-state index contributed by atoms with van der Waals surface area (Å²) < 4.78 is 30.9. The third kappa shape index (κ3) is 12.0. The maximum Gasteiger partial charge on any atom is 0.264 e. The topological polar surface area (TPSA) is 54.4 Å². The van der Waals surface area contributed by atoms with E-state index < -0.39 is 10.1 Å². The SMILES string of the molecule is CCCCCCCCCCCCC1(CCCS(=O)(=O)O)CCCCC1. The monoisotopic (exact) mass is 374 g/mol. The maximum atomic E-state index is 11.0. The van der Waals surface area contributed by atoms with E-state index in [0.29, 0.717) is 11.8 Å². The van der Waals surface area contributed by atoms with Gasteiger partial charge in [-0.25, -0.2) is 0 Å². The molecule has 0 heterocycles. The number of hydrogen-bond donors (Lipinski definition) is 1. The van der Waals surface area contributed by atoms with Gasteiger partial charge in [-0.3, -0.25) is 4.55 Å². The molecule has 4 heteroatoms. The van der Waals surface area contributed by atoms with E-state index in [0.717, 1.165) is 6.42 Å². The zero-order valence-corrected chi connectivity index (χ0v) is 17.4. The van der Waals surface area contributed by atoms with Gasteiger partial charge in [0, 0.05) is 0 Å². The van der Waals surface area contributed by atoms with Crippen LogP contribution in [0.3, 0.4) is 0 Å². The molecule has 1 aliphatic rings. The van der Waals surface area contributed by atoms with Crippen LogP contribution in [-0.4, -0.2) is 18.7 Å². The summed E-state index contributed by atoms with van der Waals surface area (Å²) in [6, 6.07) is 0. The minimum absolute atomic E-state index is 0.0627. The highest BCUT2D eigenvalue weighted by molar-refractivity contribution is 7.85. The van der Waals surface area contributed by atoms with Crippen molar-refractivity contribution >= 4 is 10.1 Å². The molecule has 0 unspecified atom stereocenters. The van der Waals surface area contributed by atoms with Crippen LogP contribution < -0.4 is 0 Å². The molecule has 1 saturated carbocycles. The Morgan fingerprint density at radius 2 is 1.20 bits per heavy atom. The Labute approximate surface area is 157 Å². The Kier molecular flexibility index (Phi) is 12.1. The lowest BCUT2D eigenvalue weighted by molar-refractivity contribution is 0.150. The third-order valence-electron chi connectivity index (χ3n) is 6.08. The second kappa shape index (κ2) is 13.1. The first-order chi connectivity index (χ1) is 12.0. The molecule has 1 aliphatic carbocycles. The molecule has 1 fully saturated rings.